The Labute approximate surface area is 161 Å². The molecule has 0 unspecified atom stereocenters. The molecule has 2 aromatic rings. The molecule has 2 N–H and O–H groups in total. The standard InChI is InChI=1S/C20H17ClN2O4/c21-15-5-3-6-16(11-15)23-20(25)12-22-19(24)7-2-1-4-14-8-9-17-18(10-14)27-13-26-17/h1-11H,12-13H2,(H,22,24)(H,23,25)/b4-1+,7-2+. The van der Waals surface area contributed by atoms with Gasteiger partial charge in [-0.2, -0.15) is 0 Å². The third kappa shape index (κ3) is 5.62. The van der Waals surface area contributed by atoms with E-state index in [1.807, 2.05) is 24.3 Å². The molecule has 0 spiro atoms. The van der Waals surface area contributed by atoms with E-state index >= 15 is 0 Å². The molecule has 0 bridgehead atoms. The molecule has 6 nitrogen and oxygen atoms in total. The third-order valence-corrected chi connectivity index (χ3v) is 3.81. The summed E-state index contributed by atoms with van der Waals surface area (Å²) in [6.45, 7) is 0.0923. The molecule has 7 heteroatoms. The maximum absolute atomic E-state index is 11.8. The quantitative estimate of drug-likeness (QED) is 0.591. The summed E-state index contributed by atoms with van der Waals surface area (Å²) in [5, 5.41) is 5.68. The summed E-state index contributed by atoms with van der Waals surface area (Å²) >= 11 is 5.85. The number of allylic oxidation sites excluding steroid dienone is 2. The van der Waals surface area contributed by atoms with Gasteiger partial charge in [-0.3, -0.25) is 9.59 Å². The first-order valence-electron chi connectivity index (χ1n) is 8.18. The number of hydrogen-bond donors (Lipinski definition) is 2. The van der Waals surface area contributed by atoms with Crippen molar-refractivity contribution in [1.82, 2.24) is 5.32 Å². The number of benzene rings is 2. The van der Waals surface area contributed by atoms with Crippen molar-refractivity contribution in [3.05, 3.63) is 71.3 Å². The number of nitrogens with one attached hydrogen (secondary N) is 2. The molecule has 2 aromatic carbocycles. The van der Waals surface area contributed by atoms with E-state index in [-0.39, 0.29) is 25.2 Å². The molecule has 1 aliphatic heterocycles. The van der Waals surface area contributed by atoms with E-state index in [2.05, 4.69) is 10.6 Å². The topological polar surface area (TPSA) is 76.7 Å². The lowest BCUT2D eigenvalue weighted by atomic mass is 10.2. The van der Waals surface area contributed by atoms with Crippen LogP contribution in [0.4, 0.5) is 5.69 Å². The zero-order valence-electron chi connectivity index (χ0n) is 14.3. The summed E-state index contributed by atoms with van der Waals surface area (Å²) in [6, 6.07) is 12.4. The van der Waals surface area contributed by atoms with Gasteiger partial charge < -0.3 is 20.1 Å². The number of carbonyl (C=O) groups excluding carboxylic acids is 2. The first kappa shape index (κ1) is 18.5. The molecule has 0 radical (unpaired) electrons. The van der Waals surface area contributed by atoms with Crippen molar-refractivity contribution in [1.29, 1.82) is 0 Å². The molecule has 0 aromatic heterocycles. The fourth-order valence-electron chi connectivity index (χ4n) is 2.32. The van der Waals surface area contributed by atoms with E-state index in [1.54, 1.807) is 36.4 Å². The summed E-state index contributed by atoms with van der Waals surface area (Å²) < 4.78 is 10.6. The Morgan fingerprint density at radius 2 is 1.93 bits per heavy atom. The van der Waals surface area contributed by atoms with Gasteiger partial charge in [-0.05, 0) is 35.9 Å². The molecular formula is C20H17ClN2O4. The molecule has 3 rings (SSSR count). The van der Waals surface area contributed by atoms with E-state index in [9.17, 15) is 9.59 Å². The molecule has 1 aliphatic rings. The average molecular weight is 385 g/mol. The number of rotatable bonds is 6. The second kappa shape index (κ2) is 8.91. The Kier molecular flexibility index (Phi) is 6.12. The van der Waals surface area contributed by atoms with Gasteiger partial charge in [0.1, 0.15) is 0 Å². The predicted octanol–water partition coefficient (Wildman–Crippen LogP) is 3.39. The van der Waals surface area contributed by atoms with E-state index in [1.165, 1.54) is 6.08 Å². The highest BCUT2D eigenvalue weighted by Gasteiger charge is 2.11. The van der Waals surface area contributed by atoms with Crippen LogP contribution in [0.3, 0.4) is 0 Å². The Morgan fingerprint density at radius 1 is 1.07 bits per heavy atom. The van der Waals surface area contributed by atoms with Crippen molar-refractivity contribution < 1.29 is 19.1 Å². The maximum atomic E-state index is 11.8. The van der Waals surface area contributed by atoms with Crippen molar-refractivity contribution in [3.8, 4) is 11.5 Å². The zero-order chi connectivity index (χ0) is 19.1. The number of hydrogen-bond acceptors (Lipinski definition) is 4. The van der Waals surface area contributed by atoms with E-state index in [4.69, 9.17) is 21.1 Å². The molecule has 0 saturated carbocycles. The van der Waals surface area contributed by atoms with Gasteiger partial charge in [0.2, 0.25) is 18.6 Å². The van der Waals surface area contributed by atoms with Gasteiger partial charge in [-0.15, -0.1) is 0 Å². The fourth-order valence-corrected chi connectivity index (χ4v) is 2.51. The summed E-state index contributed by atoms with van der Waals surface area (Å²) in [7, 11) is 0. The van der Waals surface area contributed by atoms with Crippen LogP contribution in [0.1, 0.15) is 5.56 Å². The van der Waals surface area contributed by atoms with Gasteiger partial charge in [0.15, 0.2) is 11.5 Å². The third-order valence-electron chi connectivity index (χ3n) is 3.58. The van der Waals surface area contributed by atoms with Crippen LogP contribution >= 0.6 is 11.6 Å². The second-order valence-electron chi connectivity index (χ2n) is 5.61. The highest BCUT2D eigenvalue weighted by Crippen LogP contribution is 2.32. The van der Waals surface area contributed by atoms with Crippen molar-refractivity contribution in [2.24, 2.45) is 0 Å². The van der Waals surface area contributed by atoms with Crippen LogP contribution in [0.15, 0.2) is 60.7 Å². The molecule has 27 heavy (non-hydrogen) atoms. The van der Waals surface area contributed by atoms with Gasteiger partial charge in [0, 0.05) is 16.8 Å². The van der Waals surface area contributed by atoms with Crippen LogP contribution in [0.2, 0.25) is 5.02 Å². The Bertz CT molecular complexity index is 909. The monoisotopic (exact) mass is 384 g/mol. The largest absolute Gasteiger partial charge is 0.454 e. The Morgan fingerprint density at radius 3 is 2.78 bits per heavy atom. The van der Waals surface area contributed by atoms with Gasteiger partial charge in [-0.1, -0.05) is 42.0 Å². The number of amides is 2. The van der Waals surface area contributed by atoms with Crippen LogP contribution < -0.4 is 20.1 Å². The Hall–Kier alpha value is -3.25. The van der Waals surface area contributed by atoms with Crippen LogP contribution in [-0.2, 0) is 9.59 Å². The van der Waals surface area contributed by atoms with Crippen molar-refractivity contribution in [2.75, 3.05) is 18.7 Å². The average Bonchev–Trinajstić information content (AvgIpc) is 3.11. The molecule has 0 fully saturated rings. The summed E-state index contributed by atoms with van der Waals surface area (Å²) in [5.41, 5.74) is 1.49. The minimum absolute atomic E-state index is 0.137. The molecule has 1 heterocycles. The highest BCUT2D eigenvalue weighted by atomic mass is 35.5. The lowest BCUT2D eigenvalue weighted by molar-refractivity contribution is -0.121. The van der Waals surface area contributed by atoms with Gasteiger partial charge in [-0.25, -0.2) is 0 Å². The van der Waals surface area contributed by atoms with Crippen molar-refractivity contribution >= 4 is 35.2 Å². The summed E-state index contributed by atoms with van der Waals surface area (Å²) in [6.07, 6.45) is 6.49. The summed E-state index contributed by atoms with van der Waals surface area (Å²) in [4.78, 5) is 23.6. The van der Waals surface area contributed by atoms with Crippen LogP contribution in [0.5, 0.6) is 11.5 Å². The number of carbonyl (C=O) groups is 2. The highest BCUT2D eigenvalue weighted by molar-refractivity contribution is 6.30. The molecule has 2 amide bonds. The van der Waals surface area contributed by atoms with Gasteiger partial charge in [0.25, 0.3) is 0 Å². The molecular weight excluding hydrogens is 368 g/mol. The minimum atomic E-state index is -0.369. The van der Waals surface area contributed by atoms with E-state index < -0.39 is 0 Å². The minimum Gasteiger partial charge on any atom is -0.454 e. The van der Waals surface area contributed by atoms with E-state index in [0.29, 0.717) is 16.5 Å². The smallest absolute Gasteiger partial charge is 0.244 e. The molecule has 0 saturated heterocycles. The van der Waals surface area contributed by atoms with Gasteiger partial charge in [0.05, 0.1) is 6.54 Å². The SMILES string of the molecule is O=C(/C=C/C=C/c1ccc2c(c1)OCO2)NCC(=O)Nc1cccc(Cl)c1. The number of halogens is 1. The van der Waals surface area contributed by atoms with Crippen molar-refractivity contribution in [3.63, 3.8) is 0 Å². The first-order chi connectivity index (χ1) is 13.1. The fraction of sp³-hybridized carbons (Fsp3) is 0.100. The second-order valence-corrected chi connectivity index (χ2v) is 6.04. The molecule has 138 valence electrons. The van der Waals surface area contributed by atoms with Crippen LogP contribution in [0, 0.1) is 0 Å². The van der Waals surface area contributed by atoms with Crippen LogP contribution in [-0.4, -0.2) is 25.2 Å². The number of fused-ring (bicyclic) bond motifs is 1. The lowest BCUT2D eigenvalue weighted by Crippen LogP contribution is -2.31. The maximum Gasteiger partial charge on any atom is 0.244 e. The molecule has 0 atom stereocenters. The number of ether oxygens (including phenoxy) is 2. The predicted molar refractivity (Wildman–Crippen MR) is 104 cm³/mol. The molecule has 0 aliphatic carbocycles. The Balaban J connectivity index is 1.42. The number of anilines is 1. The summed E-state index contributed by atoms with van der Waals surface area (Å²) in [5.74, 6) is 0.712. The first-order valence-corrected chi connectivity index (χ1v) is 8.55. The zero-order valence-corrected chi connectivity index (χ0v) is 15.0. The van der Waals surface area contributed by atoms with E-state index in [0.717, 1.165) is 11.3 Å². The normalized spacial score (nSPS) is 12.5. The van der Waals surface area contributed by atoms with Crippen molar-refractivity contribution in [2.45, 2.75) is 0 Å². The van der Waals surface area contributed by atoms with Gasteiger partial charge >= 0.3 is 0 Å². The van der Waals surface area contributed by atoms with Crippen LogP contribution in [0.25, 0.3) is 6.08 Å². The lowest BCUT2D eigenvalue weighted by Gasteiger charge is -2.05.